The van der Waals surface area contributed by atoms with Gasteiger partial charge in [-0.3, -0.25) is 24.9 Å². The lowest BCUT2D eigenvalue weighted by atomic mass is 10.1. The van der Waals surface area contributed by atoms with E-state index in [2.05, 4.69) is 15.3 Å². The van der Waals surface area contributed by atoms with E-state index < -0.39 is 17.7 Å². The van der Waals surface area contributed by atoms with Gasteiger partial charge in [0.1, 0.15) is 5.82 Å². The van der Waals surface area contributed by atoms with Crippen LogP contribution in [0.5, 0.6) is 0 Å². The van der Waals surface area contributed by atoms with Gasteiger partial charge in [-0.1, -0.05) is 18.2 Å². The second-order valence-electron chi connectivity index (χ2n) is 4.88. The summed E-state index contributed by atoms with van der Waals surface area (Å²) in [5, 5.41) is 11.8. The van der Waals surface area contributed by atoms with Gasteiger partial charge in [-0.2, -0.15) is 4.99 Å². The molecule has 2 aromatic rings. The Bertz CT molecular complexity index is 878. The summed E-state index contributed by atoms with van der Waals surface area (Å²) >= 11 is 1.12. The Morgan fingerprint density at radius 3 is 2.23 bits per heavy atom. The lowest BCUT2D eigenvalue weighted by Gasteiger charge is -2.07. The predicted molar refractivity (Wildman–Crippen MR) is 95.5 cm³/mol. The standard InChI is InChI=1S/C15H16N6O4S/c1-26-14-9(11(17)23)8(10(16)22)12(18-14)19-15(21-25)20-13(24)7-5-3-2-4-6-7/h2-6,18,25H,1H3,(H2,16,22)(H2,17,23)(H2,19,20,21,24). The molecule has 3 amide bonds. The van der Waals surface area contributed by atoms with Gasteiger partial charge >= 0.3 is 0 Å². The number of aromatic nitrogens is 1. The van der Waals surface area contributed by atoms with Gasteiger partial charge in [0.05, 0.1) is 16.2 Å². The number of guanidine groups is 1. The highest BCUT2D eigenvalue weighted by Gasteiger charge is 2.25. The van der Waals surface area contributed by atoms with Crippen LogP contribution in [-0.2, 0) is 0 Å². The minimum absolute atomic E-state index is 0.115. The van der Waals surface area contributed by atoms with Crippen molar-refractivity contribution >= 4 is 41.3 Å². The number of primary amides is 2. The molecule has 0 bridgehead atoms. The molecule has 0 aliphatic carbocycles. The maximum atomic E-state index is 12.1. The number of benzene rings is 1. The largest absolute Gasteiger partial charge is 0.365 e. The number of amides is 3. The third kappa shape index (κ3) is 4.02. The van der Waals surface area contributed by atoms with Gasteiger partial charge in [0.2, 0.25) is 5.96 Å². The molecule has 1 aromatic carbocycles. The lowest BCUT2D eigenvalue weighted by molar-refractivity contribution is 0.0966. The fourth-order valence-corrected chi connectivity index (χ4v) is 2.74. The summed E-state index contributed by atoms with van der Waals surface area (Å²) in [6, 6.07) is 8.19. The van der Waals surface area contributed by atoms with E-state index in [0.29, 0.717) is 5.56 Å². The Morgan fingerprint density at radius 2 is 1.73 bits per heavy atom. The molecule has 0 saturated heterocycles. The van der Waals surface area contributed by atoms with E-state index in [1.54, 1.807) is 42.1 Å². The average molecular weight is 376 g/mol. The van der Waals surface area contributed by atoms with Gasteiger partial charge in [-0.05, 0) is 18.4 Å². The molecule has 136 valence electrons. The summed E-state index contributed by atoms with van der Waals surface area (Å²) < 4.78 is 0. The van der Waals surface area contributed by atoms with Crippen LogP contribution < -0.4 is 22.3 Å². The van der Waals surface area contributed by atoms with Crippen molar-refractivity contribution in [2.45, 2.75) is 5.03 Å². The molecule has 0 atom stereocenters. The van der Waals surface area contributed by atoms with E-state index in [-0.39, 0.29) is 27.9 Å². The number of nitrogens with two attached hydrogens (primary N) is 2. The van der Waals surface area contributed by atoms with Gasteiger partial charge in [0.25, 0.3) is 17.7 Å². The zero-order chi connectivity index (χ0) is 19.3. The summed E-state index contributed by atoms with van der Waals surface area (Å²) in [4.78, 5) is 42.1. The van der Waals surface area contributed by atoms with Gasteiger partial charge in [-0.15, -0.1) is 11.8 Å². The second kappa shape index (κ2) is 8.18. The zero-order valence-corrected chi connectivity index (χ0v) is 14.4. The zero-order valence-electron chi connectivity index (χ0n) is 13.6. The number of carbonyl (C=O) groups is 3. The lowest BCUT2D eigenvalue weighted by Crippen LogP contribution is -2.39. The van der Waals surface area contributed by atoms with E-state index in [4.69, 9.17) is 11.5 Å². The molecular formula is C15H16N6O4S. The van der Waals surface area contributed by atoms with Gasteiger partial charge in [0, 0.05) is 5.56 Å². The van der Waals surface area contributed by atoms with E-state index in [0.717, 1.165) is 11.8 Å². The van der Waals surface area contributed by atoms with Crippen LogP contribution >= 0.6 is 11.8 Å². The molecule has 0 aliphatic heterocycles. The summed E-state index contributed by atoms with van der Waals surface area (Å²) in [5.41, 5.74) is 12.3. The van der Waals surface area contributed by atoms with Crippen LogP contribution in [0.3, 0.4) is 0 Å². The van der Waals surface area contributed by atoms with Crippen LogP contribution in [0, 0.1) is 0 Å². The molecule has 26 heavy (non-hydrogen) atoms. The van der Waals surface area contributed by atoms with Crippen LogP contribution in [0.25, 0.3) is 0 Å². The van der Waals surface area contributed by atoms with Crippen LogP contribution in [0.1, 0.15) is 31.1 Å². The third-order valence-electron chi connectivity index (χ3n) is 3.24. The molecule has 1 heterocycles. The number of rotatable bonds is 5. The maximum absolute atomic E-state index is 12.1. The van der Waals surface area contributed by atoms with Crippen LogP contribution in [0.15, 0.2) is 40.4 Å². The SMILES string of the molecule is CSc1[nH]c(/N=C(\NO)NC(=O)c2ccccc2)c(C(N)=O)c1C(N)=O. The first-order valence-electron chi connectivity index (χ1n) is 7.13. The highest BCUT2D eigenvalue weighted by molar-refractivity contribution is 7.98. The topological polar surface area (TPSA) is 176 Å². The Morgan fingerprint density at radius 1 is 1.12 bits per heavy atom. The van der Waals surface area contributed by atoms with E-state index >= 15 is 0 Å². The van der Waals surface area contributed by atoms with Crippen molar-refractivity contribution in [1.29, 1.82) is 0 Å². The first-order chi connectivity index (χ1) is 12.4. The molecule has 1 aromatic heterocycles. The van der Waals surface area contributed by atoms with Gasteiger partial charge in [-0.25, -0.2) is 5.48 Å². The van der Waals surface area contributed by atoms with Crippen molar-refractivity contribution in [1.82, 2.24) is 15.8 Å². The molecule has 0 unspecified atom stereocenters. The number of hydrogen-bond donors (Lipinski definition) is 6. The van der Waals surface area contributed by atoms with E-state index in [9.17, 15) is 19.6 Å². The molecule has 2 rings (SSSR count). The summed E-state index contributed by atoms with van der Waals surface area (Å²) in [6.45, 7) is 0. The van der Waals surface area contributed by atoms with Crippen molar-refractivity contribution in [3.8, 4) is 0 Å². The Labute approximate surface area is 152 Å². The summed E-state index contributed by atoms with van der Waals surface area (Å²) in [5.74, 6) is -2.89. The number of aliphatic imine (C=N–C) groups is 1. The number of H-pyrrole nitrogens is 1. The molecule has 0 aliphatic rings. The van der Waals surface area contributed by atoms with Crippen molar-refractivity contribution in [2.75, 3.05) is 6.26 Å². The third-order valence-corrected chi connectivity index (χ3v) is 3.95. The van der Waals surface area contributed by atoms with Crippen LogP contribution in [-0.4, -0.2) is 40.1 Å². The number of nitrogens with zero attached hydrogens (tertiary/aromatic N) is 1. The van der Waals surface area contributed by atoms with Crippen LogP contribution in [0.4, 0.5) is 5.82 Å². The predicted octanol–water partition coefficient (Wildman–Crippen LogP) is 0.331. The van der Waals surface area contributed by atoms with Gasteiger partial charge < -0.3 is 16.5 Å². The fourth-order valence-electron chi connectivity index (χ4n) is 2.14. The number of hydroxylamine groups is 1. The Balaban J connectivity index is 2.44. The number of carbonyl (C=O) groups excluding carboxylic acids is 3. The van der Waals surface area contributed by atoms with Crippen molar-refractivity contribution in [3.63, 3.8) is 0 Å². The Hall–Kier alpha value is -3.31. The minimum atomic E-state index is -0.944. The average Bonchev–Trinajstić information content (AvgIpc) is 3.00. The second-order valence-corrected chi connectivity index (χ2v) is 5.69. The quantitative estimate of drug-likeness (QED) is 0.190. The molecule has 11 heteroatoms. The molecule has 0 saturated carbocycles. The highest BCUT2D eigenvalue weighted by atomic mass is 32.2. The molecule has 8 N–H and O–H groups in total. The molecule has 10 nitrogen and oxygen atoms in total. The molecular weight excluding hydrogens is 360 g/mol. The van der Waals surface area contributed by atoms with E-state index in [1.807, 2.05) is 0 Å². The van der Waals surface area contributed by atoms with Crippen LogP contribution in [0.2, 0.25) is 0 Å². The summed E-state index contributed by atoms with van der Waals surface area (Å²) in [7, 11) is 0. The van der Waals surface area contributed by atoms with Gasteiger partial charge in [0.15, 0.2) is 0 Å². The molecule has 0 radical (unpaired) electrons. The molecule has 0 fully saturated rings. The first kappa shape index (κ1) is 19.0. The fraction of sp³-hybridized carbons (Fsp3) is 0.0667. The number of aromatic amines is 1. The number of nitrogens with one attached hydrogen (secondary N) is 3. The van der Waals surface area contributed by atoms with E-state index in [1.165, 1.54) is 0 Å². The highest BCUT2D eigenvalue weighted by Crippen LogP contribution is 2.30. The smallest absolute Gasteiger partial charge is 0.258 e. The summed E-state index contributed by atoms with van der Waals surface area (Å²) in [6.07, 6.45) is 1.65. The molecule has 0 spiro atoms. The van der Waals surface area contributed by atoms with Crippen molar-refractivity contribution < 1.29 is 19.6 Å². The minimum Gasteiger partial charge on any atom is -0.365 e. The van der Waals surface area contributed by atoms with Crippen molar-refractivity contribution in [2.24, 2.45) is 16.5 Å². The number of thioether (sulfide) groups is 1. The number of hydrogen-bond acceptors (Lipinski definition) is 6. The maximum Gasteiger partial charge on any atom is 0.258 e. The monoisotopic (exact) mass is 376 g/mol. The normalized spacial score (nSPS) is 11.1. The first-order valence-corrected chi connectivity index (χ1v) is 8.36. The van der Waals surface area contributed by atoms with Crippen molar-refractivity contribution in [3.05, 3.63) is 47.0 Å². The Kier molecular flexibility index (Phi) is 5.98.